The number of methoxy groups -OCH3 is 1. The topological polar surface area (TPSA) is 59.3 Å². The fraction of sp³-hybridized carbons (Fsp3) is 0.125. The normalized spacial score (nSPS) is 9.76. The van der Waals surface area contributed by atoms with Crippen LogP contribution in [-0.4, -0.2) is 13.4 Å². The molecule has 0 radical (unpaired) electrons. The van der Waals surface area contributed by atoms with Gasteiger partial charge in [-0.25, -0.2) is 4.39 Å². The summed E-state index contributed by atoms with van der Waals surface area (Å²) >= 11 is 0. The average molecular weight is 285 g/mol. The lowest BCUT2D eigenvalue weighted by Gasteiger charge is -2.12. The van der Waals surface area contributed by atoms with Gasteiger partial charge in [-0.05, 0) is 30.3 Å². The Kier molecular flexibility index (Phi) is 4.52. The summed E-state index contributed by atoms with van der Waals surface area (Å²) in [5.41, 5.74) is 0.965. The standard InChI is InChI=1S/C16H12FNO3/c1-20-15-6-5-11(9-19)7-12(15)10-21-16-4-2-3-14(17)13(16)8-18/h2-7,9H,10H2,1H3. The van der Waals surface area contributed by atoms with Crippen LogP contribution in [0.2, 0.25) is 0 Å². The summed E-state index contributed by atoms with van der Waals surface area (Å²) in [4.78, 5) is 10.8. The van der Waals surface area contributed by atoms with Crippen molar-refractivity contribution in [2.45, 2.75) is 6.61 Å². The zero-order valence-corrected chi connectivity index (χ0v) is 11.3. The maximum atomic E-state index is 13.5. The van der Waals surface area contributed by atoms with Gasteiger partial charge in [0.1, 0.15) is 41.8 Å². The molecule has 0 aromatic heterocycles. The Labute approximate surface area is 121 Å². The summed E-state index contributed by atoms with van der Waals surface area (Å²) in [6, 6.07) is 10.8. The van der Waals surface area contributed by atoms with Crippen LogP contribution in [0.1, 0.15) is 21.5 Å². The SMILES string of the molecule is COc1ccc(C=O)cc1COc1cccc(F)c1C#N. The molecule has 0 aliphatic heterocycles. The number of aldehydes is 1. The molecule has 0 saturated heterocycles. The Morgan fingerprint density at radius 1 is 1.29 bits per heavy atom. The molecule has 0 atom stereocenters. The minimum Gasteiger partial charge on any atom is -0.496 e. The van der Waals surface area contributed by atoms with E-state index in [4.69, 9.17) is 14.7 Å². The van der Waals surface area contributed by atoms with Crippen LogP contribution in [-0.2, 0) is 6.61 Å². The van der Waals surface area contributed by atoms with Crippen molar-refractivity contribution in [1.82, 2.24) is 0 Å². The molecule has 0 fully saturated rings. The number of carbonyl (C=O) groups is 1. The van der Waals surface area contributed by atoms with Crippen molar-refractivity contribution < 1.29 is 18.7 Å². The fourth-order valence-electron chi connectivity index (χ4n) is 1.87. The third kappa shape index (κ3) is 3.18. The number of hydrogen-bond acceptors (Lipinski definition) is 4. The fourth-order valence-corrected chi connectivity index (χ4v) is 1.87. The highest BCUT2D eigenvalue weighted by atomic mass is 19.1. The lowest BCUT2D eigenvalue weighted by molar-refractivity contribution is 0.112. The lowest BCUT2D eigenvalue weighted by Crippen LogP contribution is -2.02. The second kappa shape index (κ2) is 6.53. The molecule has 2 aromatic carbocycles. The largest absolute Gasteiger partial charge is 0.496 e. The number of hydrogen-bond donors (Lipinski definition) is 0. The van der Waals surface area contributed by atoms with Gasteiger partial charge in [-0.3, -0.25) is 4.79 Å². The summed E-state index contributed by atoms with van der Waals surface area (Å²) in [5, 5.41) is 8.94. The molecule has 2 aromatic rings. The van der Waals surface area contributed by atoms with Gasteiger partial charge in [-0.15, -0.1) is 0 Å². The molecule has 0 spiro atoms. The van der Waals surface area contributed by atoms with Crippen molar-refractivity contribution in [2.75, 3.05) is 7.11 Å². The number of carbonyl (C=O) groups excluding carboxylic acids is 1. The van der Waals surface area contributed by atoms with Crippen LogP contribution in [0.5, 0.6) is 11.5 Å². The second-order valence-electron chi connectivity index (χ2n) is 4.20. The molecule has 5 heteroatoms. The number of rotatable bonds is 5. The molecule has 0 saturated carbocycles. The highest BCUT2D eigenvalue weighted by molar-refractivity contribution is 5.75. The Morgan fingerprint density at radius 3 is 2.76 bits per heavy atom. The quantitative estimate of drug-likeness (QED) is 0.792. The van der Waals surface area contributed by atoms with Crippen LogP contribution >= 0.6 is 0 Å². The molecule has 106 valence electrons. The van der Waals surface area contributed by atoms with Gasteiger partial charge in [0, 0.05) is 11.1 Å². The monoisotopic (exact) mass is 285 g/mol. The van der Waals surface area contributed by atoms with E-state index in [1.54, 1.807) is 24.3 Å². The highest BCUT2D eigenvalue weighted by Gasteiger charge is 2.11. The van der Waals surface area contributed by atoms with Gasteiger partial charge in [0.05, 0.1) is 7.11 Å². The second-order valence-corrected chi connectivity index (χ2v) is 4.20. The number of halogens is 1. The number of benzene rings is 2. The summed E-state index contributed by atoms with van der Waals surface area (Å²) in [7, 11) is 1.50. The van der Waals surface area contributed by atoms with Crippen molar-refractivity contribution in [2.24, 2.45) is 0 Å². The van der Waals surface area contributed by atoms with Crippen LogP contribution in [0.4, 0.5) is 4.39 Å². The van der Waals surface area contributed by atoms with Gasteiger partial charge in [-0.2, -0.15) is 5.26 Å². The molecule has 21 heavy (non-hydrogen) atoms. The molecular weight excluding hydrogens is 273 g/mol. The maximum absolute atomic E-state index is 13.5. The summed E-state index contributed by atoms with van der Waals surface area (Å²) in [6.07, 6.45) is 0.714. The molecule has 0 aliphatic carbocycles. The van der Waals surface area contributed by atoms with E-state index < -0.39 is 5.82 Å². The van der Waals surface area contributed by atoms with Gasteiger partial charge >= 0.3 is 0 Å². The average Bonchev–Trinajstić information content (AvgIpc) is 2.52. The van der Waals surface area contributed by atoms with Crippen molar-refractivity contribution in [1.29, 1.82) is 5.26 Å². The van der Waals surface area contributed by atoms with Crippen molar-refractivity contribution >= 4 is 6.29 Å². The molecule has 4 nitrogen and oxygen atoms in total. The predicted molar refractivity (Wildman–Crippen MR) is 73.8 cm³/mol. The van der Waals surface area contributed by atoms with Crippen LogP contribution in [0.25, 0.3) is 0 Å². The van der Waals surface area contributed by atoms with E-state index >= 15 is 0 Å². The number of ether oxygens (including phenoxy) is 2. The number of nitriles is 1. The minimum absolute atomic E-state index is 0.0585. The van der Waals surface area contributed by atoms with Gasteiger partial charge < -0.3 is 9.47 Å². The highest BCUT2D eigenvalue weighted by Crippen LogP contribution is 2.24. The van der Waals surface area contributed by atoms with Crippen molar-refractivity contribution in [3.8, 4) is 17.6 Å². The smallest absolute Gasteiger partial charge is 0.150 e. The van der Waals surface area contributed by atoms with E-state index in [1.165, 1.54) is 25.3 Å². The van der Waals surface area contributed by atoms with Crippen LogP contribution in [0.3, 0.4) is 0 Å². The summed E-state index contributed by atoms with van der Waals surface area (Å²) < 4.78 is 24.1. The minimum atomic E-state index is -0.636. The first kappa shape index (κ1) is 14.5. The zero-order valence-electron chi connectivity index (χ0n) is 11.3. The summed E-state index contributed by atoms with van der Waals surface area (Å²) in [5.74, 6) is 0.0650. The number of nitrogens with zero attached hydrogens (tertiary/aromatic N) is 1. The van der Waals surface area contributed by atoms with Crippen molar-refractivity contribution in [3.05, 3.63) is 58.9 Å². The van der Waals surface area contributed by atoms with Gasteiger partial charge in [-0.1, -0.05) is 6.07 Å². The van der Waals surface area contributed by atoms with E-state index in [9.17, 15) is 9.18 Å². The Morgan fingerprint density at radius 2 is 2.10 bits per heavy atom. The van der Waals surface area contributed by atoms with E-state index in [2.05, 4.69) is 0 Å². The predicted octanol–water partition coefficient (Wildman–Crippen LogP) is 3.10. The third-order valence-corrected chi connectivity index (χ3v) is 2.91. The summed E-state index contributed by atoms with van der Waals surface area (Å²) in [6.45, 7) is 0.0585. The molecule has 0 amide bonds. The Bertz CT molecular complexity index is 707. The zero-order chi connectivity index (χ0) is 15.2. The first-order valence-electron chi connectivity index (χ1n) is 6.13. The Hall–Kier alpha value is -2.87. The van der Waals surface area contributed by atoms with Crippen LogP contribution < -0.4 is 9.47 Å². The molecule has 0 bridgehead atoms. The molecule has 0 aliphatic rings. The third-order valence-electron chi connectivity index (χ3n) is 2.91. The van der Waals surface area contributed by atoms with Crippen LogP contribution in [0, 0.1) is 17.1 Å². The maximum Gasteiger partial charge on any atom is 0.150 e. The van der Waals surface area contributed by atoms with Gasteiger partial charge in [0.2, 0.25) is 0 Å². The molecule has 0 unspecified atom stereocenters. The van der Waals surface area contributed by atoms with Gasteiger partial charge in [0.25, 0.3) is 0 Å². The van der Waals surface area contributed by atoms with Crippen molar-refractivity contribution in [3.63, 3.8) is 0 Å². The molecule has 0 heterocycles. The van der Waals surface area contributed by atoms with Crippen LogP contribution in [0.15, 0.2) is 36.4 Å². The van der Waals surface area contributed by atoms with E-state index in [0.29, 0.717) is 23.2 Å². The molecule has 2 rings (SSSR count). The lowest BCUT2D eigenvalue weighted by atomic mass is 10.1. The van der Waals surface area contributed by atoms with E-state index in [0.717, 1.165) is 0 Å². The molecular formula is C16H12FNO3. The molecule has 0 N–H and O–H groups in total. The Balaban J connectivity index is 2.26. The first-order chi connectivity index (χ1) is 10.2. The van der Waals surface area contributed by atoms with Gasteiger partial charge in [0.15, 0.2) is 0 Å². The first-order valence-corrected chi connectivity index (χ1v) is 6.13. The van der Waals surface area contributed by atoms with E-state index in [-0.39, 0.29) is 17.9 Å². The van der Waals surface area contributed by atoms with E-state index in [1.807, 2.05) is 0 Å².